The second-order valence-electron chi connectivity index (χ2n) is 2.14. The molecule has 0 spiro atoms. The highest BCUT2D eigenvalue weighted by molar-refractivity contribution is 5.92. The van der Waals surface area contributed by atoms with E-state index >= 15 is 0 Å². The third-order valence-corrected chi connectivity index (χ3v) is 1.17. The molecule has 0 bridgehead atoms. The summed E-state index contributed by atoms with van der Waals surface area (Å²) in [5.41, 5.74) is 2.22. The highest BCUT2D eigenvalue weighted by Crippen LogP contribution is 1.91. The summed E-state index contributed by atoms with van der Waals surface area (Å²) in [5.74, 6) is 4.37. The van der Waals surface area contributed by atoms with Crippen LogP contribution in [0.4, 0.5) is 0 Å². The number of hydroxylamine groups is 1. The van der Waals surface area contributed by atoms with Gasteiger partial charge < -0.3 is 0 Å². The summed E-state index contributed by atoms with van der Waals surface area (Å²) >= 11 is 0. The molecule has 1 unspecified atom stereocenters. The molecular formula is C8H13NO2. The molecule has 0 aliphatic carbocycles. The fourth-order valence-electron chi connectivity index (χ4n) is 0.376. The van der Waals surface area contributed by atoms with Gasteiger partial charge in [0, 0.05) is 0 Å². The first-order valence-electron chi connectivity index (χ1n) is 3.59. The molecular weight excluding hydrogens is 142 g/mol. The fourth-order valence-corrected chi connectivity index (χ4v) is 0.376. The van der Waals surface area contributed by atoms with Crippen molar-refractivity contribution in [3.8, 4) is 11.8 Å². The maximum Gasteiger partial charge on any atom is 0.319 e. The van der Waals surface area contributed by atoms with Gasteiger partial charge in [-0.15, -0.1) is 0 Å². The van der Waals surface area contributed by atoms with E-state index in [-0.39, 0.29) is 6.10 Å². The van der Waals surface area contributed by atoms with E-state index in [0.717, 1.165) is 6.42 Å². The van der Waals surface area contributed by atoms with Gasteiger partial charge in [0.2, 0.25) is 0 Å². The molecule has 1 N–H and O–H groups in total. The summed E-state index contributed by atoms with van der Waals surface area (Å²) in [7, 11) is 0. The van der Waals surface area contributed by atoms with Crippen molar-refractivity contribution in [3.63, 3.8) is 0 Å². The second kappa shape index (κ2) is 5.75. The average molecular weight is 155 g/mol. The Morgan fingerprint density at radius 1 is 1.73 bits per heavy atom. The Balaban J connectivity index is 3.51. The number of hydrogen-bond acceptors (Lipinski definition) is 2. The number of hydrogen-bond donors (Lipinski definition) is 1. The molecule has 0 heterocycles. The zero-order valence-corrected chi connectivity index (χ0v) is 7.10. The summed E-state index contributed by atoms with van der Waals surface area (Å²) in [6, 6.07) is 0. The first-order chi connectivity index (χ1) is 5.20. The molecule has 11 heavy (non-hydrogen) atoms. The topological polar surface area (TPSA) is 38.3 Å². The Hall–Kier alpha value is -1.01. The average Bonchev–Trinajstić information content (AvgIpc) is 2.01. The van der Waals surface area contributed by atoms with Gasteiger partial charge in [-0.05, 0) is 26.2 Å². The Kier molecular flexibility index (Phi) is 5.22. The van der Waals surface area contributed by atoms with Crippen molar-refractivity contribution in [2.75, 3.05) is 0 Å². The van der Waals surface area contributed by atoms with Gasteiger partial charge in [0.05, 0.1) is 6.10 Å². The molecule has 1 atom stereocenters. The van der Waals surface area contributed by atoms with Crippen LogP contribution in [0.15, 0.2) is 0 Å². The Labute approximate surface area is 67.1 Å². The van der Waals surface area contributed by atoms with Crippen molar-refractivity contribution in [1.82, 2.24) is 5.48 Å². The summed E-state index contributed by atoms with van der Waals surface area (Å²) in [5, 5.41) is 0. The van der Waals surface area contributed by atoms with Gasteiger partial charge >= 0.3 is 5.91 Å². The predicted octanol–water partition coefficient (Wildman–Crippen LogP) is 0.856. The SMILES string of the molecule is CC#CC(=O)NOC(C)CC. The maximum atomic E-state index is 10.7. The van der Waals surface area contributed by atoms with Crippen LogP contribution >= 0.6 is 0 Å². The van der Waals surface area contributed by atoms with Crippen LogP contribution in [0.2, 0.25) is 0 Å². The van der Waals surface area contributed by atoms with Crippen LogP contribution in [0.1, 0.15) is 27.2 Å². The second-order valence-corrected chi connectivity index (χ2v) is 2.14. The minimum Gasteiger partial charge on any atom is -0.270 e. The zero-order chi connectivity index (χ0) is 8.69. The van der Waals surface area contributed by atoms with E-state index in [1.807, 2.05) is 13.8 Å². The van der Waals surface area contributed by atoms with E-state index in [4.69, 9.17) is 4.84 Å². The van der Waals surface area contributed by atoms with E-state index in [9.17, 15) is 4.79 Å². The lowest BCUT2D eigenvalue weighted by atomic mass is 10.3. The van der Waals surface area contributed by atoms with E-state index in [1.165, 1.54) is 0 Å². The quantitative estimate of drug-likeness (QED) is 0.485. The van der Waals surface area contributed by atoms with Crippen molar-refractivity contribution >= 4 is 5.91 Å². The molecule has 0 radical (unpaired) electrons. The van der Waals surface area contributed by atoms with Crippen molar-refractivity contribution in [2.45, 2.75) is 33.3 Å². The van der Waals surface area contributed by atoms with Gasteiger partial charge in [0.15, 0.2) is 0 Å². The minimum atomic E-state index is -0.396. The number of carbonyl (C=O) groups is 1. The van der Waals surface area contributed by atoms with Crippen LogP contribution in [-0.4, -0.2) is 12.0 Å². The first kappa shape index (κ1) is 9.99. The maximum absolute atomic E-state index is 10.7. The third-order valence-electron chi connectivity index (χ3n) is 1.17. The van der Waals surface area contributed by atoms with E-state index < -0.39 is 5.91 Å². The molecule has 0 aromatic carbocycles. The molecule has 3 nitrogen and oxygen atoms in total. The van der Waals surface area contributed by atoms with Crippen LogP contribution in [0.25, 0.3) is 0 Å². The van der Waals surface area contributed by atoms with Crippen LogP contribution < -0.4 is 5.48 Å². The minimum absolute atomic E-state index is 0.0395. The highest BCUT2D eigenvalue weighted by atomic mass is 16.7. The zero-order valence-electron chi connectivity index (χ0n) is 7.10. The lowest BCUT2D eigenvalue weighted by Gasteiger charge is -2.07. The molecule has 0 aliphatic rings. The number of nitrogens with one attached hydrogen (secondary N) is 1. The van der Waals surface area contributed by atoms with Gasteiger partial charge in [-0.25, -0.2) is 5.48 Å². The highest BCUT2D eigenvalue weighted by Gasteiger charge is 1.99. The number of amides is 1. The summed E-state index contributed by atoms with van der Waals surface area (Å²) in [6.07, 6.45) is 0.900. The molecule has 0 fully saturated rings. The molecule has 0 aromatic rings. The van der Waals surface area contributed by atoms with E-state index in [1.54, 1.807) is 6.92 Å². The fraction of sp³-hybridized carbons (Fsp3) is 0.625. The van der Waals surface area contributed by atoms with Crippen LogP contribution in [0, 0.1) is 11.8 Å². The van der Waals surface area contributed by atoms with Gasteiger partial charge in [0.1, 0.15) is 0 Å². The van der Waals surface area contributed by atoms with Crippen LogP contribution in [0.5, 0.6) is 0 Å². The monoisotopic (exact) mass is 155 g/mol. The Morgan fingerprint density at radius 2 is 2.36 bits per heavy atom. The predicted molar refractivity (Wildman–Crippen MR) is 42.4 cm³/mol. The standard InChI is InChI=1S/C8H13NO2/c1-4-6-8(10)9-11-7(3)5-2/h7H,5H2,1-3H3,(H,9,10). The van der Waals surface area contributed by atoms with Crippen LogP contribution in [-0.2, 0) is 9.63 Å². The largest absolute Gasteiger partial charge is 0.319 e. The smallest absolute Gasteiger partial charge is 0.270 e. The molecule has 0 aliphatic heterocycles. The van der Waals surface area contributed by atoms with Gasteiger partial charge in [0.25, 0.3) is 0 Å². The Morgan fingerprint density at radius 3 is 2.82 bits per heavy atom. The summed E-state index contributed by atoms with van der Waals surface area (Å²) < 4.78 is 0. The van der Waals surface area contributed by atoms with Crippen LogP contribution in [0.3, 0.4) is 0 Å². The molecule has 62 valence electrons. The first-order valence-corrected chi connectivity index (χ1v) is 3.59. The molecule has 0 saturated carbocycles. The van der Waals surface area contributed by atoms with E-state index in [0.29, 0.717) is 0 Å². The third kappa shape index (κ3) is 5.43. The molecule has 0 aromatic heterocycles. The number of carbonyl (C=O) groups excluding carboxylic acids is 1. The summed E-state index contributed by atoms with van der Waals surface area (Å²) in [4.78, 5) is 15.6. The number of rotatable bonds is 3. The molecule has 0 saturated heterocycles. The van der Waals surface area contributed by atoms with Gasteiger partial charge in [-0.2, -0.15) is 0 Å². The van der Waals surface area contributed by atoms with Crippen molar-refractivity contribution < 1.29 is 9.63 Å². The molecule has 3 heteroatoms. The van der Waals surface area contributed by atoms with Crippen molar-refractivity contribution in [1.29, 1.82) is 0 Å². The molecule has 1 amide bonds. The lowest BCUT2D eigenvalue weighted by Crippen LogP contribution is -2.26. The van der Waals surface area contributed by atoms with Crippen molar-refractivity contribution in [3.05, 3.63) is 0 Å². The van der Waals surface area contributed by atoms with E-state index in [2.05, 4.69) is 17.3 Å². The summed E-state index contributed by atoms with van der Waals surface area (Å²) in [6.45, 7) is 5.45. The lowest BCUT2D eigenvalue weighted by molar-refractivity contribution is -0.131. The normalized spacial score (nSPS) is 11.2. The van der Waals surface area contributed by atoms with Crippen molar-refractivity contribution in [2.24, 2.45) is 0 Å². The molecule has 0 rings (SSSR count). The Bertz CT molecular complexity index is 178. The van der Waals surface area contributed by atoms with Gasteiger partial charge in [-0.1, -0.05) is 12.8 Å². The van der Waals surface area contributed by atoms with Gasteiger partial charge in [-0.3, -0.25) is 9.63 Å².